The van der Waals surface area contributed by atoms with Crippen molar-refractivity contribution in [2.24, 2.45) is 0 Å². The first kappa shape index (κ1) is 19.6. The average molecular weight is 398 g/mol. The molecule has 0 saturated heterocycles. The normalized spacial score (nSPS) is 10.3. The number of pyridine rings is 1. The van der Waals surface area contributed by atoms with Gasteiger partial charge in [0, 0.05) is 12.5 Å². The van der Waals surface area contributed by atoms with Crippen LogP contribution < -0.4 is 5.32 Å². The summed E-state index contributed by atoms with van der Waals surface area (Å²) >= 11 is 12.2. The van der Waals surface area contributed by atoms with Crippen LogP contribution in [0.3, 0.4) is 0 Å². The van der Waals surface area contributed by atoms with Gasteiger partial charge in [0.15, 0.2) is 0 Å². The summed E-state index contributed by atoms with van der Waals surface area (Å²) in [4.78, 5) is 38.7. The van der Waals surface area contributed by atoms with E-state index in [1.54, 1.807) is 0 Å². The molecule has 1 heterocycles. The van der Waals surface area contributed by atoms with Gasteiger partial charge in [-0.3, -0.25) is 14.9 Å². The third-order valence-corrected chi connectivity index (χ3v) is 4.26. The summed E-state index contributed by atoms with van der Waals surface area (Å²) in [6, 6.07) is 4.50. The Morgan fingerprint density at radius 1 is 1.31 bits per heavy atom. The molecule has 0 aliphatic rings. The number of benzene rings is 1. The number of nitrogens with one attached hydrogen (secondary N) is 1. The van der Waals surface area contributed by atoms with Crippen molar-refractivity contribution in [2.45, 2.75) is 13.8 Å². The fourth-order valence-electron chi connectivity index (χ4n) is 2.44. The number of nitro groups is 1. The molecule has 0 atom stereocenters. The Morgan fingerprint density at radius 3 is 2.50 bits per heavy atom. The standard InChI is InChI=1S/C16H13Cl2N3O5/c1-7-11(16(23)26-3)12(9-5-4-6-10(17)13(9)18)14(21(24)25)15(19-7)20-8(2)22/h4-6H,1-3H3,(H,19,20,22). The van der Waals surface area contributed by atoms with Crippen LogP contribution in [0, 0.1) is 17.0 Å². The van der Waals surface area contributed by atoms with E-state index in [0.29, 0.717) is 0 Å². The van der Waals surface area contributed by atoms with Crippen LogP contribution in [0.1, 0.15) is 23.0 Å². The van der Waals surface area contributed by atoms with Gasteiger partial charge in [0.25, 0.3) is 0 Å². The van der Waals surface area contributed by atoms with Crippen molar-refractivity contribution < 1.29 is 19.2 Å². The summed E-state index contributed by atoms with van der Waals surface area (Å²) in [5.74, 6) is -1.70. The van der Waals surface area contributed by atoms with Crippen molar-refractivity contribution >= 4 is 46.6 Å². The summed E-state index contributed by atoms with van der Waals surface area (Å²) in [6.45, 7) is 2.64. The van der Waals surface area contributed by atoms with Gasteiger partial charge in [0.1, 0.15) is 0 Å². The van der Waals surface area contributed by atoms with E-state index < -0.39 is 22.5 Å². The van der Waals surface area contributed by atoms with Crippen LogP contribution in [0.5, 0.6) is 0 Å². The maximum Gasteiger partial charge on any atom is 0.340 e. The predicted molar refractivity (Wildman–Crippen MR) is 96.7 cm³/mol. The Kier molecular flexibility index (Phi) is 5.79. The Labute approximate surface area is 158 Å². The number of rotatable bonds is 4. The van der Waals surface area contributed by atoms with E-state index >= 15 is 0 Å². The van der Waals surface area contributed by atoms with E-state index in [0.717, 1.165) is 7.11 Å². The molecule has 0 unspecified atom stereocenters. The maximum atomic E-state index is 12.3. The first-order chi connectivity index (χ1) is 12.2. The summed E-state index contributed by atoms with van der Waals surface area (Å²) in [7, 11) is 1.14. The first-order valence-electron chi connectivity index (χ1n) is 7.18. The van der Waals surface area contributed by atoms with Gasteiger partial charge >= 0.3 is 11.7 Å². The Bertz CT molecular complexity index is 931. The highest BCUT2D eigenvalue weighted by molar-refractivity contribution is 6.44. The van der Waals surface area contributed by atoms with Crippen LogP contribution in [0.2, 0.25) is 10.0 Å². The number of aryl methyl sites for hydroxylation is 1. The van der Waals surface area contributed by atoms with E-state index in [1.165, 1.54) is 32.0 Å². The number of anilines is 1. The number of esters is 1. The van der Waals surface area contributed by atoms with E-state index in [1.807, 2.05) is 0 Å². The number of halogens is 2. The molecule has 1 amide bonds. The first-order valence-corrected chi connectivity index (χ1v) is 7.93. The van der Waals surface area contributed by atoms with Gasteiger partial charge in [-0.15, -0.1) is 0 Å². The van der Waals surface area contributed by atoms with Gasteiger partial charge in [0.05, 0.1) is 38.9 Å². The van der Waals surface area contributed by atoms with E-state index in [4.69, 9.17) is 27.9 Å². The number of carbonyl (C=O) groups is 2. The summed E-state index contributed by atoms with van der Waals surface area (Å²) in [5, 5.41) is 14.2. The lowest BCUT2D eigenvalue weighted by molar-refractivity contribution is -0.383. The molecule has 1 N–H and O–H groups in total. The van der Waals surface area contributed by atoms with Crippen LogP contribution in [0.4, 0.5) is 11.5 Å². The number of ether oxygens (including phenoxy) is 1. The van der Waals surface area contributed by atoms with Gasteiger partial charge in [-0.05, 0) is 13.0 Å². The summed E-state index contributed by atoms with van der Waals surface area (Å²) < 4.78 is 4.74. The van der Waals surface area contributed by atoms with Crippen LogP contribution in [0.25, 0.3) is 11.1 Å². The van der Waals surface area contributed by atoms with Crippen LogP contribution in [0.15, 0.2) is 18.2 Å². The fraction of sp³-hybridized carbons (Fsp3) is 0.188. The molecule has 0 bridgehead atoms. The monoisotopic (exact) mass is 397 g/mol. The number of nitrogens with zero attached hydrogens (tertiary/aromatic N) is 2. The van der Waals surface area contributed by atoms with Gasteiger partial charge in [-0.25, -0.2) is 9.78 Å². The lowest BCUT2D eigenvalue weighted by atomic mass is 9.96. The highest BCUT2D eigenvalue weighted by Crippen LogP contribution is 2.44. The second-order valence-electron chi connectivity index (χ2n) is 5.18. The van der Waals surface area contributed by atoms with Crippen LogP contribution >= 0.6 is 23.2 Å². The van der Waals surface area contributed by atoms with Gasteiger partial charge in [-0.2, -0.15) is 0 Å². The van der Waals surface area contributed by atoms with Crippen molar-refractivity contribution in [1.29, 1.82) is 0 Å². The van der Waals surface area contributed by atoms with E-state index in [9.17, 15) is 19.7 Å². The van der Waals surface area contributed by atoms with Gasteiger partial charge in [0.2, 0.25) is 11.7 Å². The molecule has 0 fully saturated rings. The number of aromatic nitrogens is 1. The molecule has 0 spiro atoms. The zero-order valence-electron chi connectivity index (χ0n) is 13.9. The largest absolute Gasteiger partial charge is 0.465 e. The van der Waals surface area contributed by atoms with Crippen LogP contribution in [-0.4, -0.2) is 28.9 Å². The van der Waals surface area contributed by atoms with E-state index in [-0.39, 0.29) is 38.2 Å². The molecule has 2 rings (SSSR count). The quantitative estimate of drug-likeness (QED) is 0.473. The fourth-order valence-corrected chi connectivity index (χ4v) is 2.83. The smallest absolute Gasteiger partial charge is 0.340 e. The van der Waals surface area contributed by atoms with Crippen molar-refractivity contribution in [3.05, 3.63) is 49.6 Å². The zero-order valence-corrected chi connectivity index (χ0v) is 15.4. The van der Waals surface area contributed by atoms with Crippen molar-refractivity contribution in [1.82, 2.24) is 4.98 Å². The Hall–Kier alpha value is -2.71. The minimum Gasteiger partial charge on any atom is -0.465 e. The molecule has 0 radical (unpaired) electrons. The lowest BCUT2D eigenvalue weighted by Crippen LogP contribution is -2.16. The minimum atomic E-state index is -0.835. The second kappa shape index (κ2) is 7.67. The van der Waals surface area contributed by atoms with Crippen molar-refractivity contribution in [3.8, 4) is 11.1 Å². The molecule has 26 heavy (non-hydrogen) atoms. The third kappa shape index (κ3) is 3.61. The molecule has 10 heteroatoms. The molecular formula is C16H13Cl2N3O5. The molecular weight excluding hydrogens is 385 g/mol. The second-order valence-corrected chi connectivity index (χ2v) is 5.96. The van der Waals surface area contributed by atoms with Crippen molar-refractivity contribution in [3.63, 3.8) is 0 Å². The molecule has 1 aromatic carbocycles. The SMILES string of the molecule is COC(=O)c1c(C)nc(NC(C)=O)c([N+](=O)[O-])c1-c1cccc(Cl)c1Cl. The number of hydrogen-bond acceptors (Lipinski definition) is 6. The minimum absolute atomic E-state index is 0.0156. The molecule has 0 aliphatic heterocycles. The van der Waals surface area contributed by atoms with Gasteiger partial charge in [-0.1, -0.05) is 35.3 Å². The Balaban J connectivity index is 3.03. The predicted octanol–water partition coefficient (Wildman–Crippen LogP) is 4.02. The highest BCUT2D eigenvalue weighted by atomic mass is 35.5. The zero-order chi connectivity index (χ0) is 19.6. The molecule has 136 valence electrons. The Morgan fingerprint density at radius 2 is 1.96 bits per heavy atom. The van der Waals surface area contributed by atoms with E-state index in [2.05, 4.69) is 10.3 Å². The molecule has 0 aliphatic carbocycles. The third-order valence-electron chi connectivity index (χ3n) is 3.44. The number of hydrogen-bond donors (Lipinski definition) is 1. The summed E-state index contributed by atoms with van der Waals surface area (Å²) in [5.41, 5.74) is -0.598. The topological polar surface area (TPSA) is 111 Å². The molecule has 8 nitrogen and oxygen atoms in total. The van der Waals surface area contributed by atoms with Crippen LogP contribution in [-0.2, 0) is 9.53 Å². The van der Waals surface area contributed by atoms with Crippen molar-refractivity contribution in [2.75, 3.05) is 12.4 Å². The maximum absolute atomic E-state index is 12.3. The molecule has 1 aromatic heterocycles. The number of carbonyl (C=O) groups excluding carboxylic acids is 2. The van der Waals surface area contributed by atoms with Gasteiger partial charge < -0.3 is 10.1 Å². The summed E-state index contributed by atoms with van der Waals surface area (Å²) in [6.07, 6.45) is 0. The number of amides is 1. The average Bonchev–Trinajstić information content (AvgIpc) is 2.55. The highest BCUT2D eigenvalue weighted by Gasteiger charge is 2.33. The number of methoxy groups -OCH3 is 1. The molecule has 2 aromatic rings. The molecule has 0 saturated carbocycles. The lowest BCUT2D eigenvalue weighted by Gasteiger charge is -2.15.